The Bertz CT molecular complexity index is 306. The highest BCUT2D eigenvalue weighted by Crippen LogP contribution is 2.08. The van der Waals surface area contributed by atoms with Gasteiger partial charge in [-0.15, -0.1) is 0 Å². The first-order valence-electron chi connectivity index (χ1n) is 4.13. The highest BCUT2D eigenvalue weighted by atomic mass is 35.5. The first kappa shape index (κ1) is 10.9. The van der Waals surface area contributed by atoms with Crippen LogP contribution in [0, 0.1) is 0 Å². The van der Waals surface area contributed by atoms with Gasteiger partial charge in [-0.1, -0.05) is 0 Å². The number of aromatic nitrogens is 3. The third kappa shape index (κ3) is 3.31. The zero-order valence-electron chi connectivity index (χ0n) is 7.95. The molecule has 0 aliphatic carbocycles. The number of rotatable bonds is 4. The van der Waals surface area contributed by atoms with Crippen LogP contribution in [-0.4, -0.2) is 39.8 Å². The van der Waals surface area contributed by atoms with Crippen molar-refractivity contribution in [3.8, 4) is 0 Å². The lowest BCUT2D eigenvalue weighted by atomic mass is 10.4. The predicted molar refractivity (Wildman–Crippen MR) is 54.6 cm³/mol. The minimum atomic E-state index is -0.469. The van der Waals surface area contributed by atoms with Gasteiger partial charge in [0.15, 0.2) is 0 Å². The van der Waals surface area contributed by atoms with Crippen LogP contribution in [-0.2, 0) is 0 Å². The molecule has 3 N–H and O–H groups in total. The molecule has 0 amide bonds. The van der Waals surface area contributed by atoms with E-state index in [1.165, 1.54) is 0 Å². The van der Waals surface area contributed by atoms with Crippen molar-refractivity contribution < 1.29 is 5.11 Å². The molecule has 1 heterocycles. The Hall–Kier alpha value is -1.14. The number of nitrogens with zero attached hydrogens (tertiary/aromatic N) is 3. The van der Waals surface area contributed by atoms with E-state index in [0.29, 0.717) is 18.4 Å². The first-order chi connectivity index (χ1) is 6.61. The average molecular weight is 218 g/mol. The maximum atomic E-state index is 9.03. The van der Waals surface area contributed by atoms with Gasteiger partial charge in [0.25, 0.3) is 0 Å². The molecule has 6 nitrogen and oxygen atoms in total. The molecule has 0 aromatic carbocycles. The van der Waals surface area contributed by atoms with Crippen molar-refractivity contribution in [1.82, 2.24) is 15.0 Å². The second kappa shape index (κ2) is 4.92. The van der Waals surface area contributed by atoms with Crippen molar-refractivity contribution in [3.63, 3.8) is 0 Å². The molecule has 14 heavy (non-hydrogen) atoms. The number of hydrogen-bond acceptors (Lipinski definition) is 6. The van der Waals surface area contributed by atoms with Crippen molar-refractivity contribution in [2.75, 3.05) is 24.2 Å². The minimum absolute atomic E-state index is 0.109. The molecule has 1 rings (SSSR count). The topological polar surface area (TPSA) is 83.0 Å². The maximum Gasteiger partial charge on any atom is 0.228 e. The van der Waals surface area contributed by atoms with Crippen LogP contribution in [0.2, 0.25) is 5.28 Å². The summed E-state index contributed by atoms with van der Waals surface area (Å²) in [6, 6.07) is 0. The van der Waals surface area contributed by atoms with Crippen molar-refractivity contribution >= 4 is 23.5 Å². The monoisotopic (exact) mass is 217 g/mol. The summed E-state index contributed by atoms with van der Waals surface area (Å²) in [6.07, 6.45) is -0.469. The third-order valence-electron chi connectivity index (χ3n) is 1.39. The van der Waals surface area contributed by atoms with Gasteiger partial charge in [-0.3, -0.25) is 0 Å². The standard InChI is InChI=1S/C7H12ClN5O/c1-4(14)3-10-7-12-5(8)11-6(9-2)13-7/h4,14H,3H2,1-2H3,(H2,9,10,11,12,13). The molecular formula is C7H12ClN5O. The molecule has 0 aliphatic rings. The number of aliphatic hydroxyl groups excluding tert-OH is 1. The largest absolute Gasteiger partial charge is 0.392 e. The SMILES string of the molecule is CNc1nc(Cl)nc(NCC(C)O)n1. The molecule has 0 saturated heterocycles. The summed E-state index contributed by atoms with van der Waals surface area (Å²) in [5.74, 6) is 0.730. The smallest absolute Gasteiger partial charge is 0.228 e. The van der Waals surface area contributed by atoms with Crippen LogP contribution in [0.3, 0.4) is 0 Å². The summed E-state index contributed by atoms with van der Waals surface area (Å²) in [4.78, 5) is 11.6. The molecule has 1 unspecified atom stereocenters. The van der Waals surface area contributed by atoms with Crippen molar-refractivity contribution in [3.05, 3.63) is 5.28 Å². The quantitative estimate of drug-likeness (QED) is 0.676. The molecule has 1 aromatic heterocycles. The van der Waals surface area contributed by atoms with E-state index >= 15 is 0 Å². The molecule has 0 saturated carbocycles. The van der Waals surface area contributed by atoms with E-state index in [2.05, 4.69) is 25.6 Å². The molecule has 0 bridgehead atoms. The van der Waals surface area contributed by atoms with Crippen LogP contribution < -0.4 is 10.6 Å². The van der Waals surface area contributed by atoms with Crippen molar-refractivity contribution in [2.45, 2.75) is 13.0 Å². The summed E-state index contributed by atoms with van der Waals surface area (Å²) < 4.78 is 0. The normalized spacial score (nSPS) is 12.3. The highest BCUT2D eigenvalue weighted by Gasteiger charge is 2.03. The molecular weight excluding hydrogens is 206 g/mol. The third-order valence-corrected chi connectivity index (χ3v) is 1.56. The Morgan fingerprint density at radius 1 is 1.36 bits per heavy atom. The lowest BCUT2D eigenvalue weighted by molar-refractivity contribution is 0.208. The number of nitrogens with one attached hydrogen (secondary N) is 2. The fraction of sp³-hybridized carbons (Fsp3) is 0.571. The van der Waals surface area contributed by atoms with Gasteiger partial charge in [0.1, 0.15) is 0 Å². The van der Waals surface area contributed by atoms with Gasteiger partial charge in [-0.25, -0.2) is 0 Å². The number of hydrogen-bond donors (Lipinski definition) is 3. The summed E-state index contributed by atoms with van der Waals surface area (Å²) in [6.45, 7) is 2.03. The predicted octanol–water partition coefficient (Wildman–Crippen LogP) is 0.359. The van der Waals surface area contributed by atoms with Crippen LogP contribution in [0.4, 0.5) is 11.9 Å². The average Bonchev–Trinajstić information content (AvgIpc) is 2.14. The molecule has 78 valence electrons. The Morgan fingerprint density at radius 3 is 2.57 bits per heavy atom. The van der Waals surface area contributed by atoms with Gasteiger partial charge < -0.3 is 15.7 Å². The van der Waals surface area contributed by atoms with Gasteiger partial charge in [-0.05, 0) is 18.5 Å². The second-order valence-corrected chi connectivity index (χ2v) is 3.07. The Kier molecular flexibility index (Phi) is 3.84. The van der Waals surface area contributed by atoms with Gasteiger partial charge >= 0.3 is 0 Å². The Balaban J connectivity index is 2.71. The van der Waals surface area contributed by atoms with E-state index in [9.17, 15) is 0 Å². The number of anilines is 2. The van der Waals surface area contributed by atoms with E-state index in [0.717, 1.165) is 0 Å². The van der Waals surface area contributed by atoms with Crippen LogP contribution in [0.15, 0.2) is 0 Å². The minimum Gasteiger partial charge on any atom is -0.392 e. The molecule has 7 heteroatoms. The van der Waals surface area contributed by atoms with Gasteiger partial charge in [-0.2, -0.15) is 15.0 Å². The zero-order valence-corrected chi connectivity index (χ0v) is 8.71. The zero-order chi connectivity index (χ0) is 10.6. The number of aliphatic hydroxyl groups is 1. The lowest BCUT2D eigenvalue weighted by Crippen LogP contribution is -2.17. The fourth-order valence-electron chi connectivity index (χ4n) is 0.780. The lowest BCUT2D eigenvalue weighted by Gasteiger charge is -2.07. The van der Waals surface area contributed by atoms with Crippen molar-refractivity contribution in [2.24, 2.45) is 0 Å². The van der Waals surface area contributed by atoms with Gasteiger partial charge in [0.2, 0.25) is 17.2 Å². The summed E-state index contributed by atoms with van der Waals surface area (Å²) in [7, 11) is 1.68. The molecule has 0 aliphatic heterocycles. The number of halogens is 1. The van der Waals surface area contributed by atoms with Crippen LogP contribution in [0.25, 0.3) is 0 Å². The van der Waals surface area contributed by atoms with Crippen LogP contribution in [0.5, 0.6) is 0 Å². The molecule has 1 atom stereocenters. The summed E-state index contributed by atoms with van der Waals surface area (Å²) in [5, 5.41) is 14.7. The van der Waals surface area contributed by atoms with Crippen LogP contribution >= 0.6 is 11.6 Å². The Labute approximate surface area is 86.7 Å². The molecule has 0 radical (unpaired) electrons. The van der Waals surface area contributed by atoms with E-state index in [4.69, 9.17) is 16.7 Å². The summed E-state index contributed by atoms with van der Waals surface area (Å²) in [5.41, 5.74) is 0. The second-order valence-electron chi connectivity index (χ2n) is 2.73. The van der Waals surface area contributed by atoms with E-state index in [-0.39, 0.29) is 5.28 Å². The van der Waals surface area contributed by atoms with Gasteiger partial charge in [0, 0.05) is 13.6 Å². The summed E-state index contributed by atoms with van der Waals surface area (Å²) >= 11 is 5.64. The fourth-order valence-corrected chi connectivity index (χ4v) is 0.940. The van der Waals surface area contributed by atoms with Gasteiger partial charge in [0.05, 0.1) is 6.10 Å². The first-order valence-corrected chi connectivity index (χ1v) is 4.51. The van der Waals surface area contributed by atoms with E-state index in [1.807, 2.05) is 0 Å². The van der Waals surface area contributed by atoms with E-state index in [1.54, 1.807) is 14.0 Å². The Morgan fingerprint density at radius 2 is 2.00 bits per heavy atom. The molecule has 0 fully saturated rings. The molecule has 1 aromatic rings. The maximum absolute atomic E-state index is 9.03. The highest BCUT2D eigenvalue weighted by molar-refractivity contribution is 6.28. The van der Waals surface area contributed by atoms with Crippen molar-refractivity contribution in [1.29, 1.82) is 0 Å². The van der Waals surface area contributed by atoms with Crippen LogP contribution in [0.1, 0.15) is 6.92 Å². The van der Waals surface area contributed by atoms with E-state index < -0.39 is 6.10 Å². The molecule has 0 spiro atoms.